The SMILES string of the molecule is Cc1ccc(C(C)C)c(OCC(=O)OCC(=O)Nc2ccccc2)c1. The van der Waals surface area contributed by atoms with E-state index in [4.69, 9.17) is 9.47 Å². The first-order valence-corrected chi connectivity index (χ1v) is 8.19. The summed E-state index contributed by atoms with van der Waals surface area (Å²) in [7, 11) is 0. The van der Waals surface area contributed by atoms with E-state index in [0.717, 1.165) is 11.1 Å². The molecule has 25 heavy (non-hydrogen) atoms. The van der Waals surface area contributed by atoms with Gasteiger partial charge in [-0.3, -0.25) is 4.79 Å². The largest absolute Gasteiger partial charge is 0.482 e. The van der Waals surface area contributed by atoms with E-state index >= 15 is 0 Å². The third kappa shape index (κ3) is 5.95. The molecular weight excluding hydrogens is 318 g/mol. The lowest BCUT2D eigenvalue weighted by Gasteiger charge is -2.14. The number of hydrogen-bond acceptors (Lipinski definition) is 4. The molecule has 0 saturated heterocycles. The lowest BCUT2D eigenvalue weighted by Crippen LogP contribution is -2.23. The van der Waals surface area contributed by atoms with Gasteiger partial charge in [0.25, 0.3) is 5.91 Å². The lowest BCUT2D eigenvalue weighted by molar-refractivity contribution is -0.149. The predicted molar refractivity (Wildman–Crippen MR) is 96.8 cm³/mol. The van der Waals surface area contributed by atoms with Gasteiger partial charge >= 0.3 is 5.97 Å². The van der Waals surface area contributed by atoms with Crippen LogP contribution in [0.1, 0.15) is 30.9 Å². The highest BCUT2D eigenvalue weighted by molar-refractivity contribution is 5.92. The minimum absolute atomic E-state index is 0.234. The van der Waals surface area contributed by atoms with Crippen molar-refractivity contribution in [3.8, 4) is 5.75 Å². The van der Waals surface area contributed by atoms with E-state index in [2.05, 4.69) is 19.2 Å². The number of ether oxygens (including phenoxy) is 2. The summed E-state index contributed by atoms with van der Waals surface area (Å²) in [6.07, 6.45) is 0. The number of nitrogens with one attached hydrogen (secondary N) is 1. The first-order chi connectivity index (χ1) is 12.0. The molecule has 1 amide bonds. The number of aryl methyl sites for hydroxylation is 1. The number of rotatable bonds is 7. The van der Waals surface area contributed by atoms with Crippen molar-refractivity contribution in [3.05, 3.63) is 59.7 Å². The molecule has 0 spiro atoms. The molecule has 2 aromatic rings. The van der Waals surface area contributed by atoms with E-state index in [1.54, 1.807) is 12.1 Å². The van der Waals surface area contributed by atoms with Gasteiger partial charge in [0.1, 0.15) is 5.75 Å². The van der Waals surface area contributed by atoms with Gasteiger partial charge in [0.15, 0.2) is 13.2 Å². The van der Waals surface area contributed by atoms with Crippen molar-refractivity contribution in [2.75, 3.05) is 18.5 Å². The smallest absolute Gasteiger partial charge is 0.344 e. The highest BCUT2D eigenvalue weighted by Gasteiger charge is 2.12. The van der Waals surface area contributed by atoms with Crippen molar-refractivity contribution in [2.45, 2.75) is 26.7 Å². The maximum atomic E-state index is 11.8. The van der Waals surface area contributed by atoms with E-state index in [1.807, 2.05) is 43.3 Å². The summed E-state index contributed by atoms with van der Waals surface area (Å²) in [5.74, 6) is -0.0265. The Bertz CT molecular complexity index is 726. The summed E-state index contributed by atoms with van der Waals surface area (Å²) >= 11 is 0. The van der Waals surface area contributed by atoms with Crippen LogP contribution in [0.5, 0.6) is 5.75 Å². The van der Waals surface area contributed by atoms with Crippen LogP contribution in [-0.4, -0.2) is 25.1 Å². The Kier molecular flexibility index (Phi) is 6.57. The molecule has 0 bridgehead atoms. The Hall–Kier alpha value is -2.82. The van der Waals surface area contributed by atoms with Crippen LogP contribution in [0, 0.1) is 6.92 Å². The van der Waals surface area contributed by atoms with Gasteiger partial charge in [0, 0.05) is 5.69 Å². The van der Waals surface area contributed by atoms with Crippen molar-refractivity contribution in [1.82, 2.24) is 0 Å². The second kappa shape index (κ2) is 8.87. The van der Waals surface area contributed by atoms with E-state index in [-0.39, 0.29) is 19.1 Å². The molecule has 0 atom stereocenters. The number of amides is 1. The fourth-order valence-corrected chi connectivity index (χ4v) is 2.29. The Morgan fingerprint density at radius 2 is 1.76 bits per heavy atom. The van der Waals surface area contributed by atoms with Crippen LogP contribution in [0.4, 0.5) is 5.69 Å². The molecular formula is C20H23NO4. The quantitative estimate of drug-likeness (QED) is 0.780. The molecule has 0 heterocycles. The number of carbonyl (C=O) groups is 2. The van der Waals surface area contributed by atoms with Gasteiger partial charge in [-0.2, -0.15) is 0 Å². The zero-order valence-electron chi connectivity index (χ0n) is 14.7. The fraction of sp³-hybridized carbons (Fsp3) is 0.300. The van der Waals surface area contributed by atoms with Gasteiger partial charge in [-0.25, -0.2) is 4.79 Å². The van der Waals surface area contributed by atoms with Crippen LogP contribution in [0.2, 0.25) is 0 Å². The Balaban J connectivity index is 1.81. The summed E-state index contributed by atoms with van der Waals surface area (Å²) in [4.78, 5) is 23.6. The normalized spacial score (nSPS) is 10.4. The molecule has 0 fully saturated rings. The summed E-state index contributed by atoms with van der Waals surface area (Å²) in [5.41, 5.74) is 2.73. The van der Waals surface area contributed by atoms with Crippen LogP contribution < -0.4 is 10.1 Å². The van der Waals surface area contributed by atoms with Crippen molar-refractivity contribution in [3.63, 3.8) is 0 Å². The van der Waals surface area contributed by atoms with Crippen LogP contribution in [0.15, 0.2) is 48.5 Å². The third-order valence-corrected chi connectivity index (χ3v) is 3.56. The van der Waals surface area contributed by atoms with Gasteiger partial charge in [-0.15, -0.1) is 0 Å². The minimum atomic E-state index is -0.584. The molecule has 0 saturated carbocycles. The number of carbonyl (C=O) groups excluding carboxylic acids is 2. The molecule has 132 valence electrons. The molecule has 2 aromatic carbocycles. The van der Waals surface area contributed by atoms with E-state index < -0.39 is 11.9 Å². The lowest BCUT2D eigenvalue weighted by atomic mass is 10.0. The highest BCUT2D eigenvalue weighted by Crippen LogP contribution is 2.27. The van der Waals surface area contributed by atoms with E-state index in [1.165, 1.54) is 0 Å². The molecule has 2 rings (SSSR count). The summed E-state index contributed by atoms with van der Waals surface area (Å²) in [5, 5.41) is 2.65. The Morgan fingerprint density at radius 3 is 2.44 bits per heavy atom. The number of anilines is 1. The summed E-state index contributed by atoms with van der Waals surface area (Å²) < 4.78 is 10.5. The van der Waals surface area contributed by atoms with Gasteiger partial charge in [-0.05, 0) is 42.2 Å². The maximum absolute atomic E-state index is 11.8. The van der Waals surface area contributed by atoms with Gasteiger partial charge in [0.05, 0.1) is 0 Å². The maximum Gasteiger partial charge on any atom is 0.344 e. The number of para-hydroxylation sites is 1. The molecule has 0 radical (unpaired) electrons. The molecule has 0 aromatic heterocycles. The van der Waals surface area contributed by atoms with Gasteiger partial charge in [-0.1, -0.05) is 44.2 Å². The van der Waals surface area contributed by atoms with E-state index in [9.17, 15) is 9.59 Å². The van der Waals surface area contributed by atoms with Crippen molar-refractivity contribution in [2.24, 2.45) is 0 Å². The number of hydrogen-bond donors (Lipinski definition) is 1. The molecule has 5 nitrogen and oxygen atoms in total. The molecule has 0 aliphatic carbocycles. The second-order valence-corrected chi connectivity index (χ2v) is 6.06. The van der Waals surface area contributed by atoms with Crippen LogP contribution in [0.3, 0.4) is 0 Å². The van der Waals surface area contributed by atoms with Crippen molar-refractivity contribution in [1.29, 1.82) is 0 Å². The molecule has 5 heteroatoms. The van der Waals surface area contributed by atoms with Crippen LogP contribution in [0.25, 0.3) is 0 Å². The average Bonchev–Trinajstić information content (AvgIpc) is 2.59. The van der Waals surface area contributed by atoms with Gasteiger partial charge in [0.2, 0.25) is 0 Å². The Labute approximate surface area is 148 Å². The predicted octanol–water partition coefficient (Wildman–Crippen LogP) is 3.68. The van der Waals surface area contributed by atoms with Crippen LogP contribution in [-0.2, 0) is 14.3 Å². The third-order valence-electron chi connectivity index (χ3n) is 3.56. The van der Waals surface area contributed by atoms with Crippen molar-refractivity contribution < 1.29 is 19.1 Å². The Morgan fingerprint density at radius 1 is 1.04 bits per heavy atom. The second-order valence-electron chi connectivity index (χ2n) is 6.06. The summed E-state index contributed by atoms with van der Waals surface area (Å²) in [6.45, 7) is 5.50. The highest BCUT2D eigenvalue weighted by atomic mass is 16.6. The molecule has 0 aliphatic rings. The standard InChI is InChI=1S/C20H23NO4/c1-14(2)17-10-9-15(3)11-18(17)24-13-20(23)25-12-19(22)21-16-7-5-4-6-8-16/h4-11,14H,12-13H2,1-3H3,(H,21,22). The molecule has 1 N–H and O–H groups in total. The first-order valence-electron chi connectivity index (χ1n) is 8.19. The monoisotopic (exact) mass is 341 g/mol. The van der Waals surface area contributed by atoms with Gasteiger partial charge < -0.3 is 14.8 Å². The molecule has 0 aliphatic heterocycles. The van der Waals surface area contributed by atoms with Crippen molar-refractivity contribution >= 4 is 17.6 Å². The summed E-state index contributed by atoms with van der Waals surface area (Å²) in [6, 6.07) is 14.9. The van der Waals surface area contributed by atoms with Crippen LogP contribution >= 0.6 is 0 Å². The zero-order chi connectivity index (χ0) is 18.2. The zero-order valence-corrected chi connectivity index (χ0v) is 14.7. The fourth-order valence-electron chi connectivity index (χ4n) is 2.29. The topological polar surface area (TPSA) is 64.6 Å². The first kappa shape index (κ1) is 18.5. The molecule has 0 unspecified atom stereocenters. The average molecular weight is 341 g/mol. The number of benzene rings is 2. The number of esters is 1. The minimum Gasteiger partial charge on any atom is -0.482 e. The van der Waals surface area contributed by atoms with E-state index in [0.29, 0.717) is 11.4 Å².